The highest BCUT2D eigenvalue weighted by molar-refractivity contribution is 6.17. The monoisotopic (exact) mass is 600 g/mol. The Bertz CT molecular complexity index is 1720. The maximum Gasteiger partial charge on any atom is 0.229 e. The van der Waals surface area contributed by atoms with Crippen LogP contribution in [0.4, 0.5) is 0 Å². The normalized spacial score (nSPS) is 23.2. The lowest BCUT2D eigenvalue weighted by Gasteiger charge is -2.39. The number of furan rings is 1. The topological polar surface area (TPSA) is 148 Å². The second-order valence-electron chi connectivity index (χ2n) is 10.7. The standard InChI is InChI=1S/C34H32O10/c1-18-15-19(2)42-31-23(18)11-12-25-27(31)26(20-7-4-3-5-8-20)32(43-25)28(36)21-9-6-10-22(16-21)40-13-14-41-34-24(17-35)29(37)30(38)33(39)44-34/h3-12,15-16,24,29-30,33-35,37-39H,2,13-14,17H2,1H3. The fourth-order valence-electron chi connectivity index (χ4n) is 5.54. The predicted molar refractivity (Wildman–Crippen MR) is 160 cm³/mol. The number of fused-ring (bicyclic) bond motifs is 3. The lowest BCUT2D eigenvalue weighted by Crippen LogP contribution is -2.56. The minimum atomic E-state index is -1.66. The van der Waals surface area contributed by atoms with Crippen LogP contribution < -0.4 is 9.47 Å². The van der Waals surface area contributed by atoms with Crippen molar-refractivity contribution in [2.45, 2.75) is 31.7 Å². The quantitative estimate of drug-likeness (QED) is 0.164. The summed E-state index contributed by atoms with van der Waals surface area (Å²) in [5.74, 6) is 0.340. The Hall–Kier alpha value is -4.29. The van der Waals surface area contributed by atoms with E-state index in [-0.39, 0.29) is 24.8 Å². The van der Waals surface area contributed by atoms with Gasteiger partial charge in [0.05, 0.1) is 30.6 Å². The first-order chi connectivity index (χ1) is 21.3. The number of ketones is 1. The van der Waals surface area contributed by atoms with Gasteiger partial charge in [-0.25, -0.2) is 0 Å². The van der Waals surface area contributed by atoms with Gasteiger partial charge < -0.3 is 43.8 Å². The number of hydrogen-bond donors (Lipinski definition) is 4. The number of carbonyl (C=O) groups excluding carboxylic acids is 1. The molecular weight excluding hydrogens is 568 g/mol. The van der Waals surface area contributed by atoms with Crippen molar-refractivity contribution in [2.24, 2.45) is 5.92 Å². The molecule has 228 valence electrons. The molecule has 2 aliphatic rings. The van der Waals surface area contributed by atoms with Crippen molar-refractivity contribution < 1.29 is 48.6 Å². The fraction of sp³-hybridized carbons (Fsp3) is 0.265. The van der Waals surface area contributed by atoms with Crippen LogP contribution >= 0.6 is 0 Å². The number of aliphatic hydroxyl groups is 4. The van der Waals surface area contributed by atoms with E-state index >= 15 is 0 Å². The van der Waals surface area contributed by atoms with Crippen molar-refractivity contribution in [3.63, 3.8) is 0 Å². The molecule has 0 amide bonds. The van der Waals surface area contributed by atoms with Gasteiger partial charge in [-0.15, -0.1) is 0 Å². The maximum atomic E-state index is 14.0. The lowest BCUT2D eigenvalue weighted by molar-refractivity contribution is -0.332. The van der Waals surface area contributed by atoms with Gasteiger partial charge in [-0.2, -0.15) is 0 Å². The van der Waals surface area contributed by atoms with Gasteiger partial charge in [0.25, 0.3) is 0 Å². The first-order valence-corrected chi connectivity index (χ1v) is 14.2. The number of carbonyl (C=O) groups is 1. The molecule has 6 rings (SSSR count). The Kier molecular flexibility index (Phi) is 8.37. The van der Waals surface area contributed by atoms with Crippen LogP contribution in [0, 0.1) is 5.92 Å². The van der Waals surface area contributed by atoms with Crippen LogP contribution in [-0.4, -0.2) is 70.8 Å². The Labute approximate surface area is 253 Å². The smallest absolute Gasteiger partial charge is 0.229 e. The van der Waals surface area contributed by atoms with Crippen molar-refractivity contribution in [3.05, 3.63) is 102 Å². The van der Waals surface area contributed by atoms with E-state index < -0.39 is 37.3 Å². The molecule has 0 spiro atoms. The van der Waals surface area contributed by atoms with Gasteiger partial charge in [-0.1, -0.05) is 49.0 Å². The Morgan fingerprint density at radius 1 is 0.977 bits per heavy atom. The summed E-state index contributed by atoms with van der Waals surface area (Å²) in [6, 6.07) is 19.9. The number of aliphatic hydroxyl groups excluding tert-OH is 4. The summed E-state index contributed by atoms with van der Waals surface area (Å²) < 4.78 is 28.9. The highest BCUT2D eigenvalue weighted by Gasteiger charge is 2.44. The first-order valence-electron chi connectivity index (χ1n) is 14.2. The molecule has 10 nitrogen and oxygen atoms in total. The molecule has 1 fully saturated rings. The molecule has 1 aromatic heterocycles. The molecule has 0 aliphatic carbocycles. The number of rotatable bonds is 9. The van der Waals surface area contributed by atoms with Gasteiger partial charge in [0.15, 0.2) is 18.3 Å². The van der Waals surface area contributed by atoms with Crippen molar-refractivity contribution in [1.29, 1.82) is 0 Å². The Morgan fingerprint density at radius 3 is 2.55 bits per heavy atom. The predicted octanol–water partition coefficient (Wildman–Crippen LogP) is 4.04. The lowest BCUT2D eigenvalue weighted by atomic mass is 9.94. The van der Waals surface area contributed by atoms with E-state index in [1.54, 1.807) is 24.3 Å². The van der Waals surface area contributed by atoms with Crippen LogP contribution in [0.25, 0.3) is 27.7 Å². The molecule has 1 saturated heterocycles. The van der Waals surface area contributed by atoms with Crippen molar-refractivity contribution >= 4 is 22.3 Å². The summed E-state index contributed by atoms with van der Waals surface area (Å²) in [4.78, 5) is 14.0. The van der Waals surface area contributed by atoms with E-state index in [9.17, 15) is 25.2 Å². The number of hydrogen-bond acceptors (Lipinski definition) is 10. The highest BCUT2D eigenvalue weighted by atomic mass is 16.7. The van der Waals surface area contributed by atoms with Crippen LogP contribution in [0.15, 0.2) is 89.6 Å². The molecule has 5 unspecified atom stereocenters. The van der Waals surface area contributed by atoms with E-state index in [0.717, 1.165) is 16.7 Å². The summed E-state index contributed by atoms with van der Waals surface area (Å²) in [7, 11) is 0. The zero-order chi connectivity index (χ0) is 31.0. The Morgan fingerprint density at radius 2 is 1.77 bits per heavy atom. The molecule has 3 aromatic carbocycles. The molecule has 4 aromatic rings. The maximum absolute atomic E-state index is 14.0. The molecule has 0 saturated carbocycles. The van der Waals surface area contributed by atoms with Gasteiger partial charge >= 0.3 is 0 Å². The average molecular weight is 601 g/mol. The highest BCUT2D eigenvalue weighted by Crippen LogP contribution is 2.46. The second-order valence-corrected chi connectivity index (χ2v) is 10.7. The SMILES string of the molecule is C=C1C=C(C)c2ccc3oc(C(=O)c4cccc(OCCOC5OC(O)C(O)C(O)C5CO)c4)c(-c4ccccc4)c3c2O1. The zero-order valence-corrected chi connectivity index (χ0v) is 23.9. The van der Waals surface area contributed by atoms with Crippen LogP contribution in [0.2, 0.25) is 0 Å². The van der Waals surface area contributed by atoms with Crippen molar-refractivity contribution in [3.8, 4) is 22.6 Å². The van der Waals surface area contributed by atoms with Crippen molar-refractivity contribution in [2.75, 3.05) is 19.8 Å². The zero-order valence-electron chi connectivity index (χ0n) is 23.9. The average Bonchev–Trinajstić information content (AvgIpc) is 3.42. The van der Waals surface area contributed by atoms with E-state index in [1.807, 2.05) is 55.5 Å². The summed E-state index contributed by atoms with van der Waals surface area (Å²) in [6.07, 6.45) is -3.93. The third-order valence-electron chi connectivity index (χ3n) is 7.76. The second kappa shape index (κ2) is 12.4. The van der Waals surface area contributed by atoms with Crippen molar-refractivity contribution in [1.82, 2.24) is 0 Å². The van der Waals surface area contributed by atoms with Gasteiger partial charge in [0, 0.05) is 16.7 Å². The summed E-state index contributed by atoms with van der Waals surface area (Å²) >= 11 is 0. The summed E-state index contributed by atoms with van der Waals surface area (Å²) in [5.41, 5.74) is 4.14. The van der Waals surface area contributed by atoms with Crippen LogP contribution in [0.5, 0.6) is 11.5 Å². The third-order valence-corrected chi connectivity index (χ3v) is 7.76. The molecule has 3 heterocycles. The van der Waals surface area contributed by atoms with Crippen LogP contribution in [0.3, 0.4) is 0 Å². The van der Waals surface area contributed by atoms with Gasteiger partial charge in [0.1, 0.15) is 35.6 Å². The van der Waals surface area contributed by atoms with E-state index in [0.29, 0.717) is 39.4 Å². The molecule has 0 radical (unpaired) electrons. The largest absolute Gasteiger partial charge is 0.491 e. The van der Waals surface area contributed by atoms with Crippen LogP contribution in [0.1, 0.15) is 28.6 Å². The fourth-order valence-corrected chi connectivity index (χ4v) is 5.54. The molecule has 2 aliphatic heterocycles. The molecule has 4 N–H and O–H groups in total. The van der Waals surface area contributed by atoms with E-state index in [1.165, 1.54) is 0 Å². The molecule has 10 heteroatoms. The summed E-state index contributed by atoms with van der Waals surface area (Å²) in [5, 5.41) is 39.9. The summed E-state index contributed by atoms with van der Waals surface area (Å²) in [6.45, 7) is 5.44. The Balaban J connectivity index is 1.25. The minimum absolute atomic E-state index is 0.0269. The number of ether oxygens (including phenoxy) is 4. The van der Waals surface area contributed by atoms with Gasteiger partial charge in [-0.05, 0) is 48.4 Å². The van der Waals surface area contributed by atoms with Gasteiger partial charge in [-0.3, -0.25) is 4.79 Å². The molecule has 44 heavy (non-hydrogen) atoms. The first kappa shape index (κ1) is 29.8. The molecule has 0 bridgehead atoms. The molecule has 5 atom stereocenters. The van der Waals surface area contributed by atoms with E-state index in [4.69, 9.17) is 23.4 Å². The third kappa shape index (κ3) is 5.55. The number of allylic oxidation sites excluding steroid dienone is 2. The molecular formula is C34H32O10. The van der Waals surface area contributed by atoms with E-state index in [2.05, 4.69) is 6.58 Å². The number of benzene rings is 3. The minimum Gasteiger partial charge on any atom is -0.491 e. The van der Waals surface area contributed by atoms with Gasteiger partial charge in [0.2, 0.25) is 5.78 Å². The van der Waals surface area contributed by atoms with Crippen LogP contribution in [-0.2, 0) is 9.47 Å².